The number of phenols is 1. The van der Waals surface area contributed by atoms with Gasteiger partial charge in [-0.1, -0.05) is 58.7 Å². The molecule has 0 heterocycles. The van der Waals surface area contributed by atoms with E-state index in [-0.39, 0.29) is 12.2 Å². The van der Waals surface area contributed by atoms with Crippen LogP contribution in [-0.4, -0.2) is 16.2 Å². The van der Waals surface area contributed by atoms with Crippen LogP contribution in [0, 0.1) is 0 Å². The fraction of sp³-hybridized carbons (Fsp3) is 0.464. The Morgan fingerprint density at radius 3 is 1.84 bits per heavy atom. The molecule has 0 atom stereocenters. The van der Waals surface area contributed by atoms with Crippen LogP contribution in [0.3, 0.4) is 0 Å². The fourth-order valence-electron chi connectivity index (χ4n) is 3.36. The van der Waals surface area contributed by atoms with Crippen molar-refractivity contribution in [3.63, 3.8) is 0 Å². The highest BCUT2D eigenvalue weighted by molar-refractivity contribution is 5.70. The summed E-state index contributed by atoms with van der Waals surface area (Å²) in [5.74, 6) is -0.641. The summed E-state index contributed by atoms with van der Waals surface area (Å²) in [4.78, 5) is 10.9. The summed E-state index contributed by atoms with van der Waals surface area (Å²) < 4.78 is 0. The molecule has 0 aliphatic heterocycles. The van der Waals surface area contributed by atoms with Gasteiger partial charge in [0.1, 0.15) is 5.75 Å². The zero-order valence-electron chi connectivity index (χ0n) is 20.0. The molecular weight excluding hydrogens is 384 g/mol. The molecule has 0 fully saturated rings. The summed E-state index contributed by atoms with van der Waals surface area (Å²) in [6.07, 6.45) is 16.2. The van der Waals surface area contributed by atoms with Crippen molar-refractivity contribution in [2.45, 2.75) is 86.0 Å². The minimum Gasteiger partial charge on any atom is -0.508 e. The van der Waals surface area contributed by atoms with Gasteiger partial charge in [0.25, 0.3) is 0 Å². The monoisotopic (exact) mass is 424 g/mol. The summed E-state index contributed by atoms with van der Waals surface area (Å²) in [6.45, 7) is 10.8. The van der Waals surface area contributed by atoms with E-state index in [1.807, 2.05) is 0 Å². The number of carboxylic acid groups (broad SMARTS) is 1. The molecule has 31 heavy (non-hydrogen) atoms. The van der Waals surface area contributed by atoms with Crippen LogP contribution in [0.2, 0.25) is 0 Å². The summed E-state index contributed by atoms with van der Waals surface area (Å²) in [7, 11) is 0. The van der Waals surface area contributed by atoms with Crippen LogP contribution in [0.1, 0.15) is 84.3 Å². The Bertz CT molecular complexity index is 834. The number of hydrogen-bond acceptors (Lipinski definition) is 2. The molecule has 0 aliphatic rings. The molecule has 0 unspecified atom stereocenters. The Labute approximate surface area is 188 Å². The van der Waals surface area contributed by atoms with Crippen LogP contribution < -0.4 is 0 Å². The molecule has 0 aromatic heterocycles. The second kappa shape index (κ2) is 14.5. The topological polar surface area (TPSA) is 57.5 Å². The van der Waals surface area contributed by atoms with Gasteiger partial charge in [0, 0.05) is 0 Å². The third kappa shape index (κ3) is 12.7. The van der Waals surface area contributed by atoms with Gasteiger partial charge in [0.05, 0.1) is 6.42 Å². The maximum Gasteiger partial charge on any atom is 0.307 e. The second-order valence-electron chi connectivity index (χ2n) is 8.79. The lowest BCUT2D eigenvalue weighted by Crippen LogP contribution is -2.00. The number of aromatic hydroxyl groups is 1. The second-order valence-corrected chi connectivity index (χ2v) is 8.79. The van der Waals surface area contributed by atoms with Crippen LogP contribution in [0.15, 0.2) is 64.8 Å². The molecule has 3 heteroatoms. The van der Waals surface area contributed by atoms with Crippen molar-refractivity contribution in [3.05, 3.63) is 75.9 Å². The molecule has 0 saturated carbocycles. The summed E-state index contributed by atoms with van der Waals surface area (Å²) in [5.41, 5.74) is 7.06. The molecule has 1 aromatic rings. The Morgan fingerprint density at radius 2 is 1.32 bits per heavy atom. The van der Waals surface area contributed by atoms with Crippen molar-refractivity contribution < 1.29 is 15.0 Å². The number of aliphatic carboxylic acids is 1. The summed E-state index contributed by atoms with van der Waals surface area (Å²) in [6, 6.07) is 5.03. The highest BCUT2D eigenvalue weighted by Crippen LogP contribution is 2.21. The zero-order chi connectivity index (χ0) is 23.2. The fourth-order valence-corrected chi connectivity index (χ4v) is 3.36. The zero-order valence-corrected chi connectivity index (χ0v) is 20.0. The number of carbonyl (C=O) groups is 1. The van der Waals surface area contributed by atoms with Gasteiger partial charge in [-0.2, -0.15) is 0 Å². The number of carboxylic acids is 1. The molecule has 1 aromatic carbocycles. The summed E-state index contributed by atoms with van der Waals surface area (Å²) in [5, 5.41) is 19.0. The van der Waals surface area contributed by atoms with E-state index in [1.165, 1.54) is 22.3 Å². The smallest absolute Gasteiger partial charge is 0.307 e. The maximum atomic E-state index is 10.9. The number of rotatable bonds is 13. The van der Waals surface area contributed by atoms with Crippen molar-refractivity contribution >= 4 is 5.97 Å². The lowest BCUT2D eigenvalue weighted by molar-refractivity contribution is -0.136. The molecule has 0 amide bonds. The van der Waals surface area contributed by atoms with Gasteiger partial charge in [-0.05, 0) is 96.8 Å². The summed E-state index contributed by atoms with van der Waals surface area (Å²) >= 11 is 0. The molecule has 1 rings (SSSR count). The van der Waals surface area contributed by atoms with E-state index < -0.39 is 5.97 Å². The van der Waals surface area contributed by atoms with Gasteiger partial charge in [-0.3, -0.25) is 4.79 Å². The molecular formula is C28H40O3. The van der Waals surface area contributed by atoms with Crippen molar-refractivity contribution in [3.8, 4) is 5.75 Å². The minimum atomic E-state index is -0.861. The van der Waals surface area contributed by atoms with E-state index in [0.29, 0.717) is 12.0 Å². The van der Waals surface area contributed by atoms with Crippen LogP contribution in [0.5, 0.6) is 5.75 Å². The van der Waals surface area contributed by atoms with Gasteiger partial charge in [0.2, 0.25) is 0 Å². The number of phenolic OH excluding ortho intramolecular Hbond substituents is 1. The maximum absolute atomic E-state index is 10.9. The number of hydrogen-bond donors (Lipinski definition) is 2. The van der Waals surface area contributed by atoms with Crippen LogP contribution >= 0.6 is 0 Å². The first-order valence-corrected chi connectivity index (χ1v) is 11.3. The SMILES string of the molecule is CC(C)=CCCC(C)=CCCC(C)=CCCC(C)=CCc1cc(CC(=O)O)ccc1O. The standard InChI is InChI=1S/C28H40O3/c1-21(2)9-6-10-22(3)11-7-12-23(4)13-8-14-24(5)15-17-26-19-25(20-28(30)31)16-18-27(26)29/h9,11,13,15-16,18-19,29H,6-8,10,12,14,17,20H2,1-5H3,(H,30,31). The van der Waals surface area contributed by atoms with Crippen molar-refractivity contribution in [2.75, 3.05) is 0 Å². The Kier molecular flexibility index (Phi) is 12.3. The van der Waals surface area contributed by atoms with Crippen LogP contribution in [0.25, 0.3) is 0 Å². The highest BCUT2D eigenvalue weighted by Gasteiger charge is 2.05. The van der Waals surface area contributed by atoms with Gasteiger partial charge in [-0.15, -0.1) is 0 Å². The largest absolute Gasteiger partial charge is 0.508 e. The van der Waals surface area contributed by atoms with E-state index >= 15 is 0 Å². The predicted octanol–water partition coefficient (Wildman–Crippen LogP) is 7.71. The quantitative estimate of drug-likeness (QED) is 0.319. The van der Waals surface area contributed by atoms with Crippen molar-refractivity contribution in [2.24, 2.45) is 0 Å². The molecule has 0 saturated heterocycles. The van der Waals surface area contributed by atoms with Gasteiger partial charge in [0.15, 0.2) is 0 Å². The molecule has 0 bridgehead atoms. The third-order valence-corrected chi connectivity index (χ3v) is 5.32. The average Bonchev–Trinajstić information content (AvgIpc) is 2.67. The van der Waals surface area contributed by atoms with Gasteiger partial charge < -0.3 is 10.2 Å². The Hall–Kier alpha value is -2.55. The van der Waals surface area contributed by atoms with E-state index in [1.54, 1.807) is 18.2 Å². The third-order valence-electron chi connectivity index (χ3n) is 5.32. The molecule has 0 radical (unpaired) electrons. The van der Waals surface area contributed by atoms with Gasteiger partial charge >= 0.3 is 5.97 Å². The molecule has 2 N–H and O–H groups in total. The molecule has 0 spiro atoms. The normalized spacial score (nSPS) is 12.7. The number of allylic oxidation sites excluding steroid dienone is 8. The van der Waals surface area contributed by atoms with E-state index in [9.17, 15) is 9.90 Å². The first-order valence-electron chi connectivity index (χ1n) is 11.3. The van der Waals surface area contributed by atoms with Crippen molar-refractivity contribution in [1.29, 1.82) is 0 Å². The van der Waals surface area contributed by atoms with Crippen LogP contribution in [-0.2, 0) is 17.6 Å². The predicted molar refractivity (Wildman–Crippen MR) is 132 cm³/mol. The van der Waals surface area contributed by atoms with Crippen LogP contribution in [0.4, 0.5) is 0 Å². The Morgan fingerprint density at radius 1 is 0.806 bits per heavy atom. The molecule has 170 valence electrons. The van der Waals surface area contributed by atoms with E-state index in [0.717, 1.165) is 44.1 Å². The first-order chi connectivity index (χ1) is 14.7. The average molecular weight is 425 g/mol. The Balaban J connectivity index is 2.43. The lowest BCUT2D eigenvalue weighted by Gasteiger charge is -2.06. The van der Waals surface area contributed by atoms with Crippen molar-refractivity contribution in [1.82, 2.24) is 0 Å². The molecule has 3 nitrogen and oxygen atoms in total. The highest BCUT2D eigenvalue weighted by atomic mass is 16.4. The minimum absolute atomic E-state index is 0.0236. The first kappa shape index (κ1) is 26.5. The number of benzene rings is 1. The molecule has 0 aliphatic carbocycles. The van der Waals surface area contributed by atoms with E-state index in [2.05, 4.69) is 58.9 Å². The van der Waals surface area contributed by atoms with Gasteiger partial charge in [-0.25, -0.2) is 0 Å². The lowest BCUT2D eigenvalue weighted by atomic mass is 10.0. The van der Waals surface area contributed by atoms with E-state index in [4.69, 9.17) is 5.11 Å².